The predicted molar refractivity (Wildman–Crippen MR) is 45.9 cm³/mol. The van der Waals surface area contributed by atoms with E-state index in [0.29, 0.717) is 12.0 Å². The fraction of sp³-hybridized carbons (Fsp3) is 1.00. The second-order valence-electron chi connectivity index (χ2n) is 4.03. The average Bonchev–Trinajstić information content (AvgIpc) is 2.50. The fourth-order valence-corrected chi connectivity index (χ4v) is 2.23. The standard InChI is InChI=1S/C9H17NO2/c10-5-8-4-9(7-12-8)2-1-3-11-6-9/h8H,1-7,10H2/t8-,9+/m1/s1. The molecule has 0 amide bonds. The molecule has 2 N–H and O–H groups in total. The summed E-state index contributed by atoms with van der Waals surface area (Å²) in [5, 5.41) is 0. The van der Waals surface area contributed by atoms with E-state index >= 15 is 0 Å². The van der Waals surface area contributed by atoms with Crippen molar-refractivity contribution >= 4 is 0 Å². The SMILES string of the molecule is NC[C@H]1C[C@]2(CCCOC2)CO1. The van der Waals surface area contributed by atoms with Gasteiger partial charge in [-0.25, -0.2) is 0 Å². The molecule has 3 nitrogen and oxygen atoms in total. The zero-order valence-corrected chi connectivity index (χ0v) is 7.42. The van der Waals surface area contributed by atoms with Crippen LogP contribution in [0.5, 0.6) is 0 Å². The molecule has 0 bridgehead atoms. The van der Waals surface area contributed by atoms with Crippen molar-refractivity contribution < 1.29 is 9.47 Å². The molecule has 0 saturated carbocycles. The van der Waals surface area contributed by atoms with Gasteiger partial charge in [0.2, 0.25) is 0 Å². The van der Waals surface area contributed by atoms with E-state index in [1.54, 1.807) is 0 Å². The Morgan fingerprint density at radius 1 is 1.42 bits per heavy atom. The Labute approximate surface area is 73.2 Å². The Morgan fingerprint density at radius 2 is 2.33 bits per heavy atom. The lowest BCUT2D eigenvalue weighted by Crippen LogP contribution is -2.32. The lowest BCUT2D eigenvalue weighted by atomic mass is 9.80. The maximum atomic E-state index is 5.59. The van der Waals surface area contributed by atoms with Crippen LogP contribution in [0.3, 0.4) is 0 Å². The van der Waals surface area contributed by atoms with Crippen LogP contribution in [0.4, 0.5) is 0 Å². The average molecular weight is 171 g/mol. The van der Waals surface area contributed by atoms with Crippen LogP contribution < -0.4 is 5.73 Å². The first-order chi connectivity index (χ1) is 5.85. The smallest absolute Gasteiger partial charge is 0.0704 e. The number of hydrogen-bond donors (Lipinski definition) is 1. The summed E-state index contributed by atoms with van der Waals surface area (Å²) in [6.45, 7) is 3.31. The number of rotatable bonds is 1. The topological polar surface area (TPSA) is 44.5 Å². The summed E-state index contributed by atoms with van der Waals surface area (Å²) >= 11 is 0. The second kappa shape index (κ2) is 3.32. The summed E-state index contributed by atoms with van der Waals surface area (Å²) in [7, 11) is 0. The molecule has 12 heavy (non-hydrogen) atoms. The zero-order valence-electron chi connectivity index (χ0n) is 7.42. The Balaban J connectivity index is 1.94. The van der Waals surface area contributed by atoms with E-state index in [1.807, 2.05) is 0 Å². The van der Waals surface area contributed by atoms with Gasteiger partial charge in [-0.15, -0.1) is 0 Å². The summed E-state index contributed by atoms with van der Waals surface area (Å²) in [6, 6.07) is 0. The monoisotopic (exact) mass is 171 g/mol. The Hall–Kier alpha value is -0.120. The molecular weight excluding hydrogens is 154 g/mol. The molecule has 2 atom stereocenters. The molecule has 3 heteroatoms. The molecule has 0 aromatic carbocycles. The summed E-state index contributed by atoms with van der Waals surface area (Å²) in [5.41, 5.74) is 5.88. The molecule has 2 fully saturated rings. The van der Waals surface area contributed by atoms with Crippen molar-refractivity contribution in [3.05, 3.63) is 0 Å². The van der Waals surface area contributed by atoms with Crippen LogP contribution in [0.1, 0.15) is 19.3 Å². The molecule has 0 aromatic rings. The van der Waals surface area contributed by atoms with Crippen LogP contribution in [-0.4, -0.2) is 32.5 Å². The maximum absolute atomic E-state index is 5.59. The van der Waals surface area contributed by atoms with Gasteiger partial charge in [0.25, 0.3) is 0 Å². The molecule has 70 valence electrons. The van der Waals surface area contributed by atoms with E-state index in [2.05, 4.69) is 0 Å². The zero-order chi connectivity index (χ0) is 8.44. The molecule has 0 unspecified atom stereocenters. The van der Waals surface area contributed by atoms with E-state index in [9.17, 15) is 0 Å². The molecule has 0 aliphatic carbocycles. The lowest BCUT2D eigenvalue weighted by Gasteiger charge is -2.31. The molecule has 2 aliphatic rings. The molecule has 2 heterocycles. The van der Waals surface area contributed by atoms with Crippen molar-refractivity contribution in [3.63, 3.8) is 0 Å². The minimum atomic E-state index is 0.284. The third kappa shape index (κ3) is 1.49. The van der Waals surface area contributed by atoms with Gasteiger partial charge in [-0.05, 0) is 19.3 Å². The molecule has 0 radical (unpaired) electrons. The highest BCUT2D eigenvalue weighted by Crippen LogP contribution is 2.39. The largest absolute Gasteiger partial charge is 0.381 e. The Morgan fingerprint density at radius 3 is 2.92 bits per heavy atom. The molecular formula is C9H17NO2. The third-order valence-electron chi connectivity index (χ3n) is 2.95. The first-order valence-electron chi connectivity index (χ1n) is 4.74. The molecule has 2 aliphatic heterocycles. The summed E-state index contributed by atoms with van der Waals surface area (Å²) in [6.07, 6.45) is 3.82. The van der Waals surface area contributed by atoms with E-state index in [1.165, 1.54) is 12.8 Å². The maximum Gasteiger partial charge on any atom is 0.0704 e. The van der Waals surface area contributed by atoms with Crippen LogP contribution in [0.25, 0.3) is 0 Å². The Bertz CT molecular complexity index is 155. The van der Waals surface area contributed by atoms with Crippen molar-refractivity contribution in [1.29, 1.82) is 0 Å². The van der Waals surface area contributed by atoms with Crippen LogP contribution in [0.15, 0.2) is 0 Å². The van der Waals surface area contributed by atoms with Gasteiger partial charge >= 0.3 is 0 Å². The first-order valence-corrected chi connectivity index (χ1v) is 4.74. The molecule has 0 aromatic heterocycles. The molecule has 1 spiro atoms. The summed E-state index contributed by atoms with van der Waals surface area (Å²) in [4.78, 5) is 0. The molecule has 2 rings (SSSR count). The van der Waals surface area contributed by atoms with Crippen molar-refractivity contribution in [2.24, 2.45) is 11.1 Å². The summed E-state index contributed by atoms with van der Waals surface area (Å²) < 4.78 is 11.1. The van der Waals surface area contributed by atoms with Gasteiger partial charge in [-0.2, -0.15) is 0 Å². The van der Waals surface area contributed by atoms with Crippen LogP contribution in [0, 0.1) is 5.41 Å². The lowest BCUT2D eigenvalue weighted by molar-refractivity contribution is -0.0135. The van der Waals surface area contributed by atoms with Gasteiger partial charge in [-0.1, -0.05) is 0 Å². The van der Waals surface area contributed by atoms with Gasteiger partial charge in [0.15, 0.2) is 0 Å². The minimum Gasteiger partial charge on any atom is -0.381 e. The van der Waals surface area contributed by atoms with Gasteiger partial charge in [0, 0.05) is 18.6 Å². The summed E-state index contributed by atoms with van der Waals surface area (Å²) in [5.74, 6) is 0. The van der Waals surface area contributed by atoms with Gasteiger partial charge < -0.3 is 15.2 Å². The van der Waals surface area contributed by atoms with Crippen molar-refractivity contribution in [2.45, 2.75) is 25.4 Å². The van der Waals surface area contributed by atoms with Crippen LogP contribution in [-0.2, 0) is 9.47 Å². The van der Waals surface area contributed by atoms with Crippen molar-refractivity contribution in [1.82, 2.24) is 0 Å². The Kier molecular flexibility index (Phi) is 2.35. The number of hydrogen-bond acceptors (Lipinski definition) is 3. The number of nitrogens with two attached hydrogens (primary N) is 1. The third-order valence-corrected chi connectivity index (χ3v) is 2.95. The van der Waals surface area contributed by atoms with Crippen molar-refractivity contribution in [3.8, 4) is 0 Å². The van der Waals surface area contributed by atoms with E-state index < -0.39 is 0 Å². The van der Waals surface area contributed by atoms with Gasteiger partial charge in [0.05, 0.1) is 19.3 Å². The normalized spacial score (nSPS) is 42.2. The van der Waals surface area contributed by atoms with E-state index in [0.717, 1.165) is 26.2 Å². The highest BCUT2D eigenvalue weighted by atomic mass is 16.5. The number of ether oxygens (including phenoxy) is 2. The van der Waals surface area contributed by atoms with E-state index in [4.69, 9.17) is 15.2 Å². The minimum absolute atomic E-state index is 0.284. The van der Waals surface area contributed by atoms with Crippen molar-refractivity contribution in [2.75, 3.05) is 26.4 Å². The van der Waals surface area contributed by atoms with Crippen LogP contribution in [0.2, 0.25) is 0 Å². The molecule has 2 saturated heterocycles. The predicted octanol–water partition coefficient (Wildman–Crippen LogP) is 0.531. The van der Waals surface area contributed by atoms with Gasteiger partial charge in [-0.3, -0.25) is 0 Å². The second-order valence-corrected chi connectivity index (χ2v) is 4.03. The van der Waals surface area contributed by atoms with E-state index in [-0.39, 0.29) is 6.10 Å². The van der Waals surface area contributed by atoms with Crippen LogP contribution >= 0.6 is 0 Å². The highest BCUT2D eigenvalue weighted by Gasteiger charge is 2.40. The van der Waals surface area contributed by atoms with Gasteiger partial charge in [0.1, 0.15) is 0 Å². The first kappa shape index (κ1) is 8.48. The highest BCUT2D eigenvalue weighted by molar-refractivity contribution is 4.89. The quantitative estimate of drug-likeness (QED) is 0.626. The fourth-order valence-electron chi connectivity index (χ4n) is 2.23.